The van der Waals surface area contributed by atoms with E-state index < -0.39 is 0 Å². The molecule has 3 rings (SSSR count). The number of amides is 1. The fourth-order valence-electron chi connectivity index (χ4n) is 3.11. The highest BCUT2D eigenvalue weighted by atomic mass is 32.1. The number of nitrogens with zero attached hydrogens (tertiary/aromatic N) is 1. The van der Waals surface area contributed by atoms with E-state index in [1.54, 1.807) is 22.3 Å². The number of rotatable bonds is 8. The first-order valence-electron chi connectivity index (χ1n) is 9.46. The zero-order chi connectivity index (χ0) is 19.8. The predicted molar refractivity (Wildman–Crippen MR) is 111 cm³/mol. The van der Waals surface area contributed by atoms with Crippen LogP contribution in [0.5, 0.6) is 0 Å². The fourth-order valence-corrected chi connectivity index (χ4v) is 4.03. The number of hydrogen-bond acceptors (Lipinski definition) is 5. The summed E-state index contributed by atoms with van der Waals surface area (Å²) in [6.45, 7) is 1.56. The molecule has 0 bridgehead atoms. The minimum absolute atomic E-state index is 0.0430. The lowest BCUT2D eigenvalue weighted by Crippen LogP contribution is -2.37. The molecule has 1 saturated heterocycles. The first-order chi connectivity index (χ1) is 13.7. The third-order valence-electron chi connectivity index (χ3n) is 4.65. The first kappa shape index (κ1) is 20.3. The Hall–Kier alpha value is -2.44. The van der Waals surface area contributed by atoms with Crippen LogP contribution in [0, 0.1) is 0 Å². The van der Waals surface area contributed by atoms with Crippen LogP contribution in [-0.4, -0.2) is 49.7 Å². The monoisotopic (exact) mass is 399 g/mol. The summed E-state index contributed by atoms with van der Waals surface area (Å²) in [5, 5.41) is 0. The molecule has 1 aromatic heterocycles. The number of carbonyl (C=O) groups is 2. The van der Waals surface area contributed by atoms with Gasteiger partial charge < -0.3 is 14.4 Å². The second-order valence-corrected chi connectivity index (χ2v) is 7.76. The van der Waals surface area contributed by atoms with Gasteiger partial charge in [-0.2, -0.15) is 0 Å². The van der Waals surface area contributed by atoms with Crippen molar-refractivity contribution in [1.29, 1.82) is 0 Å². The molecule has 1 aromatic carbocycles. The van der Waals surface area contributed by atoms with Crippen molar-refractivity contribution in [2.45, 2.75) is 25.4 Å². The average molecular weight is 400 g/mol. The molecule has 1 aliphatic heterocycles. The van der Waals surface area contributed by atoms with Crippen LogP contribution < -0.4 is 0 Å². The highest BCUT2D eigenvalue weighted by Crippen LogP contribution is 2.28. The summed E-state index contributed by atoms with van der Waals surface area (Å²) in [6, 6.07) is 14.2. The molecule has 0 saturated carbocycles. The fraction of sp³-hybridized carbons (Fsp3) is 0.364. The Kier molecular flexibility index (Phi) is 7.39. The van der Waals surface area contributed by atoms with E-state index in [4.69, 9.17) is 9.47 Å². The molecule has 1 fully saturated rings. The third-order valence-corrected chi connectivity index (χ3v) is 5.75. The first-order valence-corrected chi connectivity index (χ1v) is 10.3. The molecule has 0 aliphatic carbocycles. The molecule has 0 radical (unpaired) electrons. The van der Waals surface area contributed by atoms with Gasteiger partial charge in [0.2, 0.25) is 5.91 Å². The van der Waals surface area contributed by atoms with Crippen molar-refractivity contribution in [3.05, 3.63) is 53.4 Å². The van der Waals surface area contributed by atoms with Crippen LogP contribution in [0.1, 0.15) is 24.1 Å². The van der Waals surface area contributed by atoms with Crippen LogP contribution in [0.3, 0.4) is 0 Å². The molecular formula is C22H25NO4S. The number of carbonyl (C=O) groups excluding carboxylic acids is 2. The smallest absolute Gasteiger partial charge is 0.307 e. The standard InChI is InChI=1S/C22H25NO4S/c1-26-22(25)13-14-23(16-18-8-5-15-27-18)21(24)12-10-19-9-11-20(28-19)17-6-3-2-4-7-17/h2-4,6-7,9-12,18H,5,8,13-16H2,1H3. The molecule has 2 heterocycles. The van der Waals surface area contributed by atoms with Crippen molar-refractivity contribution < 1.29 is 19.1 Å². The zero-order valence-electron chi connectivity index (χ0n) is 16.0. The van der Waals surface area contributed by atoms with Gasteiger partial charge in [-0.1, -0.05) is 30.3 Å². The Balaban J connectivity index is 1.64. The van der Waals surface area contributed by atoms with E-state index in [9.17, 15) is 9.59 Å². The number of benzene rings is 1. The van der Waals surface area contributed by atoms with Crippen molar-refractivity contribution in [2.75, 3.05) is 26.8 Å². The highest BCUT2D eigenvalue weighted by molar-refractivity contribution is 7.16. The molecule has 0 spiro atoms. The van der Waals surface area contributed by atoms with Gasteiger partial charge in [0.25, 0.3) is 0 Å². The van der Waals surface area contributed by atoms with Gasteiger partial charge in [-0.25, -0.2) is 0 Å². The Bertz CT molecular complexity index is 809. The Morgan fingerprint density at radius 3 is 2.79 bits per heavy atom. The number of ether oxygens (including phenoxy) is 2. The zero-order valence-corrected chi connectivity index (χ0v) is 16.8. The van der Waals surface area contributed by atoms with E-state index in [0.29, 0.717) is 13.1 Å². The normalized spacial score (nSPS) is 16.4. The van der Waals surface area contributed by atoms with E-state index in [1.165, 1.54) is 7.11 Å². The number of hydrogen-bond donors (Lipinski definition) is 0. The molecule has 1 unspecified atom stereocenters. The lowest BCUT2D eigenvalue weighted by Gasteiger charge is -2.23. The van der Waals surface area contributed by atoms with Gasteiger partial charge in [0.15, 0.2) is 0 Å². The molecule has 28 heavy (non-hydrogen) atoms. The molecular weight excluding hydrogens is 374 g/mol. The van der Waals surface area contributed by atoms with Crippen LogP contribution in [0.25, 0.3) is 16.5 Å². The minimum Gasteiger partial charge on any atom is -0.469 e. The summed E-state index contributed by atoms with van der Waals surface area (Å²) in [5.41, 5.74) is 1.16. The average Bonchev–Trinajstić information content (AvgIpc) is 3.41. The molecule has 148 valence electrons. The third kappa shape index (κ3) is 5.78. The summed E-state index contributed by atoms with van der Waals surface area (Å²) in [5.74, 6) is -0.436. The van der Waals surface area contributed by atoms with E-state index >= 15 is 0 Å². The minimum atomic E-state index is -0.320. The Morgan fingerprint density at radius 2 is 2.07 bits per heavy atom. The summed E-state index contributed by atoms with van der Waals surface area (Å²) >= 11 is 1.64. The molecule has 1 aliphatic rings. The Labute approximate surface area is 169 Å². The lowest BCUT2D eigenvalue weighted by atomic mass is 10.2. The number of thiophene rings is 1. The van der Waals surface area contributed by atoms with E-state index in [-0.39, 0.29) is 24.4 Å². The molecule has 1 amide bonds. The van der Waals surface area contributed by atoms with Crippen molar-refractivity contribution in [1.82, 2.24) is 4.90 Å². The predicted octanol–water partition coefficient (Wildman–Crippen LogP) is 4.00. The van der Waals surface area contributed by atoms with Crippen LogP contribution in [0.4, 0.5) is 0 Å². The van der Waals surface area contributed by atoms with Crippen LogP contribution in [0.15, 0.2) is 48.5 Å². The number of esters is 1. The van der Waals surface area contributed by atoms with Crippen LogP contribution in [0.2, 0.25) is 0 Å². The summed E-state index contributed by atoms with van der Waals surface area (Å²) in [4.78, 5) is 28.1. The van der Waals surface area contributed by atoms with Crippen LogP contribution >= 0.6 is 11.3 Å². The maximum atomic E-state index is 12.7. The van der Waals surface area contributed by atoms with Gasteiger partial charge >= 0.3 is 5.97 Å². The van der Waals surface area contributed by atoms with Gasteiger partial charge in [-0.3, -0.25) is 9.59 Å². The molecule has 2 aromatic rings. The van der Waals surface area contributed by atoms with E-state index in [2.05, 4.69) is 18.2 Å². The summed E-state index contributed by atoms with van der Waals surface area (Å²) < 4.78 is 10.3. The maximum absolute atomic E-state index is 12.7. The lowest BCUT2D eigenvalue weighted by molar-refractivity contribution is -0.141. The molecule has 0 N–H and O–H groups in total. The van der Waals surface area contributed by atoms with Crippen molar-refractivity contribution in [2.24, 2.45) is 0 Å². The van der Waals surface area contributed by atoms with E-state index in [1.807, 2.05) is 30.3 Å². The maximum Gasteiger partial charge on any atom is 0.307 e. The van der Waals surface area contributed by atoms with Crippen molar-refractivity contribution in [3.63, 3.8) is 0 Å². The SMILES string of the molecule is COC(=O)CCN(CC1CCCO1)C(=O)C=Cc1ccc(-c2ccccc2)s1. The van der Waals surface area contributed by atoms with E-state index in [0.717, 1.165) is 34.8 Å². The second kappa shape index (κ2) is 10.2. The highest BCUT2D eigenvalue weighted by Gasteiger charge is 2.22. The number of methoxy groups -OCH3 is 1. The molecule has 6 heteroatoms. The van der Waals surface area contributed by atoms with Gasteiger partial charge in [0.1, 0.15) is 0 Å². The largest absolute Gasteiger partial charge is 0.469 e. The van der Waals surface area contributed by atoms with Gasteiger partial charge in [-0.05, 0) is 36.6 Å². The quantitative estimate of drug-likeness (QED) is 0.497. The van der Waals surface area contributed by atoms with Crippen molar-refractivity contribution >= 4 is 29.3 Å². The second-order valence-electron chi connectivity index (χ2n) is 6.65. The van der Waals surface area contributed by atoms with Gasteiger partial charge in [-0.15, -0.1) is 11.3 Å². The summed E-state index contributed by atoms with van der Waals surface area (Å²) in [7, 11) is 1.36. The molecule has 1 atom stereocenters. The Morgan fingerprint density at radius 1 is 1.25 bits per heavy atom. The van der Waals surface area contributed by atoms with Gasteiger partial charge in [0.05, 0.1) is 19.6 Å². The van der Waals surface area contributed by atoms with Crippen molar-refractivity contribution in [3.8, 4) is 10.4 Å². The summed E-state index contributed by atoms with van der Waals surface area (Å²) in [6.07, 6.45) is 5.59. The molecule has 5 nitrogen and oxygen atoms in total. The topological polar surface area (TPSA) is 55.8 Å². The van der Waals surface area contributed by atoms with Crippen LogP contribution in [-0.2, 0) is 19.1 Å². The van der Waals surface area contributed by atoms with Gasteiger partial charge in [0, 0.05) is 35.5 Å².